The van der Waals surface area contributed by atoms with Crippen LogP contribution in [0.3, 0.4) is 0 Å². The quantitative estimate of drug-likeness (QED) is 0.838. The highest BCUT2D eigenvalue weighted by molar-refractivity contribution is 5.96. The van der Waals surface area contributed by atoms with Crippen LogP contribution in [0.5, 0.6) is 5.75 Å². The van der Waals surface area contributed by atoms with Crippen molar-refractivity contribution in [2.45, 2.75) is 12.3 Å². The van der Waals surface area contributed by atoms with Crippen molar-refractivity contribution in [2.24, 2.45) is 5.92 Å². The zero-order valence-electron chi connectivity index (χ0n) is 10.5. The minimum absolute atomic E-state index is 0.0486. The van der Waals surface area contributed by atoms with Gasteiger partial charge in [-0.25, -0.2) is 0 Å². The number of aromatic hydroxyl groups is 1. The summed E-state index contributed by atoms with van der Waals surface area (Å²) in [6.45, 7) is 0. The summed E-state index contributed by atoms with van der Waals surface area (Å²) in [6.07, 6.45) is 2.32. The molecule has 20 heavy (non-hydrogen) atoms. The van der Waals surface area contributed by atoms with E-state index in [4.69, 9.17) is 9.68 Å². The number of nitrogens with one attached hydrogen (secondary N) is 1. The van der Waals surface area contributed by atoms with E-state index in [1.165, 1.54) is 18.2 Å². The molecule has 1 fully saturated rings. The van der Waals surface area contributed by atoms with Crippen molar-refractivity contribution in [3.8, 4) is 11.8 Å². The SMILES string of the molecule is N#Cc1ccc(O)c(NC(=O)[C@H]2C[C@@H]2c2ccco2)c1. The molecule has 2 N–H and O–H groups in total. The fraction of sp³-hybridized carbons (Fsp3) is 0.200. The van der Waals surface area contributed by atoms with Crippen LogP contribution in [0.1, 0.15) is 23.7 Å². The molecule has 1 amide bonds. The maximum atomic E-state index is 12.1. The number of carbonyl (C=O) groups is 1. The van der Waals surface area contributed by atoms with E-state index in [1.807, 2.05) is 12.1 Å². The van der Waals surface area contributed by atoms with Gasteiger partial charge >= 0.3 is 0 Å². The Hall–Kier alpha value is -2.74. The zero-order valence-corrected chi connectivity index (χ0v) is 10.5. The summed E-state index contributed by atoms with van der Waals surface area (Å²) in [4.78, 5) is 12.1. The van der Waals surface area contributed by atoms with Crippen LogP contribution >= 0.6 is 0 Å². The van der Waals surface area contributed by atoms with Crippen LogP contribution < -0.4 is 5.32 Å². The molecule has 0 aliphatic heterocycles. The molecule has 0 unspecified atom stereocenters. The van der Waals surface area contributed by atoms with Crippen molar-refractivity contribution in [1.82, 2.24) is 0 Å². The molecular weight excluding hydrogens is 256 g/mol. The number of carbonyl (C=O) groups excluding carboxylic acids is 1. The Balaban J connectivity index is 1.70. The number of phenols is 1. The van der Waals surface area contributed by atoms with Gasteiger partial charge in [0, 0.05) is 11.8 Å². The molecule has 3 rings (SSSR count). The Morgan fingerprint density at radius 2 is 2.30 bits per heavy atom. The molecule has 1 saturated carbocycles. The fourth-order valence-corrected chi connectivity index (χ4v) is 2.23. The van der Waals surface area contributed by atoms with Crippen LogP contribution in [-0.4, -0.2) is 11.0 Å². The number of nitrogens with zero attached hydrogens (tertiary/aromatic N) is 1. The maximum Gasteiger partial charge on any atom is 0.228 e. The number of anilines is 1. The van der Waals surface area contributed by atoms with E-state index in [9.17, 15) is 9.90 Å². The van der Waals surface area contributed by atoms with Gasteiger partial charge in [0.15, 0.2) is 0 Å². The summed E-state index contributed by atoms with van der Waals surface area (Å²) in [5, 5.41) is 21.2. The first-order valence-electron chi connectivity index (χ1n) is 6.26. The lowest BCUT2D eigenvalue weighted by molar-refractivity contribution is -0.117. The molecule has 1 aliphatic carbocycles. The Kier molecular flexibility index (Phi) is 2.92. The normalized spacial score (nSPS) is 20.1. The number of hydrogen-bond acceptors (Lipinski definition) is 4. The lowest BCUT2D eigenvalue weighted by Crippen LogP contribution is -2.14. The van der Waals surface area contributed by atoms with Crippen LogP contribution in [0.15, 0.2) is 41.0 Å². The van der Waals surface area contributed by atoms with Crippen molar-refractivity contribution in [2.75, 3.05) is 5.32 Å². The lowest BCUT2D eigenvalue weighted by atomic mass is 10.2. The maximum absolute atomic E-state index is 12.1. The van der Waals surface area contributed by atoms with Gasteiger partial charge in [-0.2, -0.15) is 5.26 Å². The third-order valence-corrected chi connectivity index (χ3v) is 3.42. The van der Waals surface area contributed by atoms with Crippen molar-refractivity contribution in [3.63, 3.8) is 0 Å². The molecule has 0 radical (unpaired) electrons. The third kappa shape index (κ3) is 2.24. The van der Waals surface area contributed by atoms with E-state index in [0.29, 0.717) is 5.56 Å². The molecule has 1 aromatic carbocycles. The molecule has 1 aliphatic rings. The summed E-state index contributed by atoms with van der Waals surface area (Å²) < 4.78 is 5.28. The molecule has 1 heterocycles. The first-order chi connectivity index (χ1) is 9.69. The van der Waals surface area contributed by atoms with E-state index < -0.39 is 0 Å². The predicted octanol–water partition coefficient (Wildman–Crippen LogP) is 2.60. The average Bonchev–Trinajstić information content (AvgIpc) is 3.07. The topological polar surface area (TPSA) is 86.3 Å². The average molecular weight is 268 g/mol. The second-order valence-electron chi connectivity index (χ2n) is 4.80. The summed E-state index contributed by atoms with van der Waals surface area (Å²) in [5.41, 5.74) is 0.649. The number of rotatable bonds is 3. The third-order valence-electron chi connectivity index (χ3n) is 3.42. The summed E-state index contributed by atoms with van der Waals surface area (Å²) in [6, 6.07) is 9.96. The molecule has 0 bridgehead atoms. The minimum atomic E-state index is -0.170. The van der Waals surface area contributed by atoms with Crippen molar-refractivity contribution in [1.29, 1.82) is 5.26 Å². The lowest BCUT2D eigenvalue weighted by Gasteiger charge is -2.07. The van der Waals surface area contributed by atoms with Crippen LogP contribution in [0, 0.1) is 17.2 Å². The number of hydrogen-bond donors (Lipinski definition) is 2. The number of furan rings is 1. The second-order valence-corrected chi connectivity index (χ2v) is 4.80. The summed E-state index contributed by atoms with van der Waals surface area (Å²) in [7, 11) is 0. The largest absolute Gasteiger partial charge is 0.506 e. The van der Waals surface area contributed by atoms with Gasteiger partial charge in [0.2, 0.25) is 5.91 Å². The van der Waals surface area contributed by atoms with E-state index in [1.54, 1.807) is 12.3 Å². The van der Waals surface area contributed by atoms with Gasteiger partial charge in [0.25, 0.3) is 0 Å². The Bertz CT molecular complexity index is 686. The predicted molar refractivity (Wildman–Crippen MR) is 71.0 cm³/mol. The number of amides is 1. The number of phenolic OH excluding ortho intramolecular Hbond substituents is 1. The van der Waals surface area contributed by atoms with Gasteiger partial charge in [-0.05, 0) is 36.8 Å². The molecule has 1 aromatic heterocycles. The Morgan fingerprint density at radius 1 is 1.45 bits per heavy atom. The molecule has 0 saturated heterocycles. The molecule has 0 spiro atoms. The van der Waals surface area contributed by atoms with Gasteiger partial charge in [-0.3, -0.25) is 4.79 Å². The standard InChI is InChI=1S/C15H12N2O3/c16-8-9-3-4-13(18)12(6-9)17-15(19)11-7-10(11)14-2-1-5-20-14/h1-6,10-11,18H,7H2,(H,17,19)/t10-,11-/m0/s1. The molecule has 2 aromatic rings. The number of benzene rings is 1. The fourth-order valence-electron chi connectivity index (χ4n) is 2.23. The molecule has 100 valence electrons. The first-order valence-corrected chi connectivity index (χ1v) is 6.26. The van der Waals surface area contributed by atoms with E-state index >= 15 is 0 Å². The highest BCUT2D eigenvalue weighted by atomic mass is 16.3. The summed E-state index contributed by atoms with van der Waals surface area (Å²) in [5.74, 6) is 0.544. The Morgan fingerprint density at radius 3 is 3.00 bits per heavy atom. The van der Waals surface area contributed by atoms with Gasteiger partial charge in [0.1, 0.15) is 11.5 Å². The van der Waals surface area contributed by atoms with Crippen LogP contribution in [0.2, 0.25) is 0 Å². The first kappa shape index (κ1) is 12.3. The highest BCUT2D eigenvalue weighted by Gasteiger charge is 2.45. The molecule has 5 nitrogen and oxygen atoms in total. The summed E-state index contributed by atoms with van der Waals surface area (Å²) >= 11 is 0. The van der Waals surface area contributed by atoms with E-state index in [2.05, 4.69) is 5.32 Å². The molecule has 5 heteroatoms. The monoisotopic (exact) mass is 268 g/mol. The van der Waals surface area contributed by atoms with Gasteiger partial charge < -0.3 is 14.8 Å². The smallest absolute Gasteiger partial charge is 0.228 e. The minimum Gasteiger partial charge on any atom is -0.506 e. The van der Waals surface area contributed by atoms with Crippen molar-refractivity contribution in [3.05, 3.63) is 47.9 Å². The number of nitriles is 1. The highest BCUT2D eigenvalue weighted by Crippen LogP contribution is 2.48. The second kappa shape index (κ2) is 4.74. The zero-order chi connectivity index (χ0) is 14.1. The molecule has 2 atom stereocenters. The van der Waals surface area contributed by atoms with Crippen molar-refractivity contribution >= 4 is 11.6 Å². The van der Waals surface area contributed by atoms with E-state index in [-0.39, 0.29) is 29.2 Å². The van der Waals surface area contributed by atoms with E-state index in [0.717, 1.165) is 12.2 Å². The van der Waals surface area contributed by atoms with Crippen LogP contribution in [0.4, 0.5) is 5.69 Å². The van der Waals surface area contributed by atoms with Crippen LogP contribution in [-0.2, 0) is 4.79 Å². The molecular formula is C15H12N2O3. The van der Waals surface area contributed by atoms with Gasteiger partial charge in [-0.1, -0.05) is 0 Å². The van der Waals surface area contributed by atoms with Gasteiger partial charge in [-0.15, -0.1) is 0 Å². The Labute approximate surface area is 115 Å². The van der Waals surface area contributed by atoms with Crippen LogP contribution in [0.25, 0.3) is 0 Å². The van der Waals surface area contributed by atoms with Gasteiger partial charge in [0.05, 0.1) is 23.6 Å². The van der Waals surface area contributed by atoms with Crippen molar-refractivity contribution < 1.29 is 14.3 Å².